The average Bonchev–Trinajstić information content (AvgIpc) is 2.24. The number of hydrogen-bond donors (Lipinski definition) is 2. The molecule has 6 heteroatoms. The molecule has 0 aromatic carbocycles. The van der Waals surface area contributed by atoms with Crippen LogP contribution in [0.5, 0.6) is 0 Å². The molecular weight excluding hydrogens is 226 g/mol. The van der Waals surface area contributed by atoms with E-state index in [2.05, 4.69) is 14.9 Å². The lowest BCUT2D eigenvalue weighted by atomic mass is 10.3. The van der Waals surface area contributed by atoms with Crippen LogP contribution in [-0.4, -0.2) is 59.3 Å². The Balaban J connectivity index is 3.62. The van der Waals surface area contributed by atoms with Crippen molar-refractivity contribution in [3.8, 4) is 0 Å². The monoisotopic (exact) mass is 251 g/mol. The maximum absolute atomic E-state index is 11.5. The molecule has 2 N–H and O–H groups in total. The zero-order valence-corrected chi connectivity index (χ0v) is 11.4. The van der Waals surface area contributed by atoms with Gasteiger partial charge in [-0.1, -0.05) is 6.92 Å². The molecule has 0 unspecified atom stereocenters. The second kappa shape index (κ2) is 8.92. The Morgan fingerprint density at radius 3 is 2.44 bits per heavy atom. The Morgan fingerprint density at radius 1 is 1.19 bits per heavy atom. The van der Waals surface area contributed by atoms with E-state index in [0.717, 1.165) is 26.1 Å². The zero-order chi connectivity index (χ0) is 12.4. The van der Waals surface area contributed by atoms with E-state index in [-0.39, 0.29) is 5.75 Å². The molecule has 0 aromatic heterocycles. The molecule has 98 valence electrons. The third kappa shape index (κ3) is 9.08. The highest BCUT2D eigenvalue weighted by molar-refractivity contribution is 7.89. The first-order chi connectivity index (χ1) is 7.52. The second-order valence-electron chi connectivity index (χ2n) is 3.92. The van der Waals surface area contributed by atoms with Gasteiger partial charge in [-0.15, -0.1) is 0 Å². The second-order valence-corrected chi connectivity index (χ2v) is 5.85. The van der Waals surface area contributed by atoms with E-state index in [0.29, 0.717) is 13.0 Å². The summed E-state index contributed by atoms with van der Waals surface area (Å²) in [5, 5.41) is 3.00. The molecule has 0 radical (unpaired) electrons. The smallest absolute Gasteiger partial charge is 0.211 e. The number of unbranched alkanes of at least 4 members (excludes halogenated alkanes) is 1. The van der Waals surface area contributed by atoms with Crippen LogP contribution in [0.1, 0.15) is 19.8 Å². The van der Waals surface area contributed by atoms with Crippen LogP contribution in [0.2, 0.25) is 0 Å². The van der Waals surface area contributed by atoms with Crippen molar-refractivity contribution in [3.63, 3.8) is 0 Å². The van der Waals surface area contributed by atoms with E-state index in [1.807, 2.05) is 21.0 Å². The molecule has 0 atom stereocenters. The molecule has 5 nitrogen and oxygen atoms in total. The van der Waals surface area contributed by atoms with Gasteiger partial charge in [0.15, 0.2) is 0 Å². The van der Waals surface area contributed by atoms with Crippen molar-refractivity contribution >= 4 is 10.0 Å². The maximum atomic E-state index is 11.5. The normalized spacial score (nSPS) is 12.2. The lowest BCUT2D eigenvalue weighted by Gasteiger charge is -2.14. The van der Waals surface area contributed by atoms with Crippen LogP contribution in [0, 0.1) is 0 Å². The number of sulfonamides is 1. The molecule has 0 saturated carbocycles. The summed E-state index contributed by atoms with van der Waals surface area (Å²) in [6.45, 7) is 5.11. The highest BCUT2D eigenvalue weighted by atomic mass is 32.2. The van der Waals surface area contributed by atoms with Crippen LogP contribution in [0.4, 0.5) is 0 Å². The summed E-state index contributed by atoms with van der Waals surface area (Å²) >= 11 is 0. The van der Waals surface area contributed by atoms with Gasteiger partial charge in [0.25, 0.3) is 0 Å². The van der Waals surface area contributed by atoms with Gasteiger partial charge < -0.3 is 10.2 Å². The molecule has 0 saturated heterocycles. The highest BCUT2D eigenvalue weighted by Crippen LogP contribution is 1.93. The molecule has 0 aliphatic carbocycles. The molecule has 0 bridgehead atoms. The fraction of sp³-hybridized carbons (Fsp3) is 1.00. The molecule has 0 aliphatic heterocycles. The predicted octanol–water partition coefficient (Wildman–Crippen LogP) is -0.143. The Bertz CT molecular complexity index is 255. The first-order valence-electron chi connectivity index (χ1n) is 5.82. The van der Waals surface area contributed by atoms with Crippen molar-refractivity contribution in [2.24, 2.45) is 0 Å². The zero-order valence-electron chi connectivity index (χ0n) is 10.6. The fourth-order valence-corrected chi connectivity index (χ4v) is 2.35. The van der Waals surface area contributed by atoms with Gasteiger partial charge in [-0.2, -0.15) is 0 Å². The molecule has 16 heavy (non-hydrogen) atoms. The summed E-state index contributed by atoms with van der Waals surface area (Å²) in [4.78, 5) is 2.07. The Labute approximate surface area is 99.6 Å². The molecule has 0 fully saturated rings. The standard InChI is InChI=1S/C10H25N3O2S/c1-4-13(3)9-8-12-16(14,15)10-6-5-7-11-2/h11-12H,4-10H2,1-3H3. The van der Waals surface area contributed by atoms with Crippen molar-refractivity contribution in [1.29, 1.82) is 0 Å². The van der Waals surface area contributed by atoms with Crippen LogP contribution >= 0.6 is 0 Å². The van der Waals surface area contributed by atoms with Gasteiger partial charge in [0.05, 0.1) is 5.75 Å². The van der Waals surface area contributed by atoms with Gasteiger partial charge in [-0.3, -0.25) is 0 Å². The molecule has 0 amide bonds. The van der Waals surface area contributed by atoms with Gasteiger partial charge in [-0.25, -0.2) is 13.1 Å². The Kier molecular flexibility index (Phi) is 8.83. The van der Waals surface area contributed by atoms with Crippen molar-refractivity contribution < 1.29 is 8.42 Å². The van der Waals surface area contributed by atoms with Gasteiger partial charge in [-0.05, 0) is 40.0 Å². The topological polar surface area (TPSA) is 61.4 Å². The van der Waals surface area contributed by atoms with E-state index in [9.17, 15) is 8.42 Å². The minimum Gasteiger partial charge on any atom is -0.320 e. The Hall–Kier alpha value is -0.170. The van der Waals surface area contributed by atoms with Crippen molar-refractivity contribution in [2.75, 3.05) is 46.0 Å². The molecule has 0 spiro atoms. The summed E-state index contributed by atoms with van der Waals surface area (Å²) in [5.74, 6) is 0.227. The van der Waals surface area contributed by atoms with Crippen LogP contribution in [0.25, 0.3) is 0 Å². The molecule has 0 rings (SSSR count). The summed E-state index contributed by atoms with van der Waals surface area (Å²) in [5.41, 5.74) is 0. The number of hydrogen-bond acceptors (Lipinski definition) is 4. The van der Waals surface area contributed by atoms with Gasteiger partial charge >= 0.3 is 0 Å². The fourth-order valence-electron chi connectivity index (χ4n) is 1.22. The van der Waals surface area contributed by atoms with E-state index in [1.165, 1.54) is 0 Å². The van der Waals surface area contributed by atoms with Gasteiger partial charge in [0.2, 0.25) is 10.0 Å². The SMILES string of the molecule is CCN(C)CCNS(=O)(=O)CCCCNC. The largest absolute Gasteiger partial charge is 0.320 e. The average molecular weight is 251 g/mol. The molecule has 0 aromatic rings. The minimum absolute atomic E-state index is 0.227. The molecule has 0 heterocycles. The van der Waals surface area contributed by atoms with Crippen LogP contribution in [-0.2, 0) is 10.0 Å². The Morgan fingerprint density at radius 2 is 1.88 bits per heavy atom. The van der Waals surface area contributed by atoms with E-state index in [4.69, 9.17) is 0 Å². The number of likely N-dealkylation sites (N-methyl/N-ethyl adjacent to an activating group) is 1. The van der Waals surface area contributed by atoms with Gasteiger partial charge in [0, 0.05) is 13.1 Å². The van der Waals surface area contributed by atoms with Gasteiger partial charge in [0.1, 0.15) is 0 Å². The summed E-state index contributed by atoms with van der Waals surface area (Å²) in [6, 6.07) is 0. The van der Waals surface area contributed by atoms with E-state index in [1.54, 1.807) is 0 Å². The summed E-state index contributed by atoms with van der Waals surface area (Å²) in [6.07, 6.45) is 1.60. The predicted molar refractivity (Wildman–Crippen MR) is 68.1 cm³/mol. The number of nitrogens with zero attached hydrogens (tertiary/aromatic N) is 1. The highest BCUT2D eigenvalue weighted by Gasteiger charge is 2.08. The summed E-state index contributed by atoms with van der Waals surface area (Å²) < 4.78 is 25.6. The maximum Gasteiger partial charge on any atom is 0.211 e. The molecule has 0 aliphatic rings. The molecular formula is C10H25N3O2S. The first kappa shape index (κ1) is 15.8. The van der Waals surface area contributed by atoms with Crippen LogP contribution in [0.3, 0.4) is 0 Å². The first-order valence-corrected chi connectivity index (χ1v) is 7.47. The third-order valence-corrected chi connectivity index (χ3v) is 3.92. The van der Waals surface area contributed by atoms with Crippen molar-refractivity contribution in [2.45, 2.75) is 19.8 Å². The van der Waals surface area contributed by atoms with Crippen molar-refractivity contribution in [3.05, 3.63) is 0 Å². The van der Waals surface area contributed by atoms with Crippen molar-refractivity contribution in [1.82, 2.24) is 14.9 Å². The van der Waals surface area contributed by atoms with Crippen LogP contribution in [0.15, 0.2) is 0 Å². The lowest BCUT2D eigenvalue weighted by molar-refractivity contribution is 0.358. The number of rotatable bonds is 10. The lowest BCUT2D eigenvalue weighted by Crippen LogP contribution is -2.34. The van der Waals surface area contributed by atoms with E-state index < -0.39 is 10.0 Å². The van der Waals surface area contributed by atoms with E-state index >= 15 is 0 Å². The van der Waals surface area contributed by atoms with Crippen LogP contribution < -0.4 is 10.0 Å². The third-order valence-electron chi connectivity index (χ3n) is 2.45. The number of nitrogens with one attached hydrogen (secondary N) is 2. The summed E-state index contributed by atoms with van der Waals surface area (Å²) in [7, 11) is 0.771. The quantitative estimate of drug-likeness (QED) is 0.531. The minimum atomic E-state index is -3.07.